The van der Waals surface area contributed by atoms with E-state index in [-0.39, 0.29) is 11.4 Å². The van der Waals surface area contributed by atoms with Gasteiger partial charge in [-0.2, -0.15) is 0 Å². The Balaban J connectivity index is 3.09. The molecule has 0 heterocycles. The Morgan fingerprint density at radius 1 is 1.53 bits per heavy atom. The van der Waals surface area contributed by atoms with Crippen molar-refractivity contribution in [2.24, 2.45) is 5.73 Å². The van der Waals surface area contributed by atoms with Gasteiger partial charge in [0, 0.05) is 30.9 Å². The molecule has 17 heavy (non-hydrogen) atoms. The number of aliphatic hydroxyl groups excluding tert-OH is 1. The number of hydrogen-bond acceptors (Lipinski definition) is 4. The lowest BCUT2D eigenvalue weighted by atomic mass is 10.0. The lowest BCUT2D eigenvalue weighted by molar-refractivity contribution is 0.0987. The Kier molecular flexibility index (Phi) is 4.69. The Hall–Kier alpha value is -1.36. The molecule has 0 saturated carbocycles. The second-order valence-corrected chi connectivity index (χ2v) is 4.27. The molecule has 92 valence electrons. The van der Waals surface area contributed by atoms with Gasteiger partial charge in [-0.15, -0.1) is 0 Å². The normalized spacial score (nSPS) is 13.4. The highest BCUT2D eigenvalue weighted by atomic mass is 35.5. The maximum absolute atomic E-state index is 12.1. The van der Waals surface area contributed by atoms with Crippen molar-refractivity contribution in [2.75, 3.05) is 14.1 Å². The molecule has 3 N–H and O–H groups in total. The smallest absolute Gasteiger partial charge is 0.194 e. The van der Waals surface area contributed by atoms with E-state index in [2.05, 4.69) is 0 Å². The minimum atomic E-state index is -1.32. The Bertz CT molecular complexity index is 442. The van der Waals surface area contributed by atoms with Crippen LogP contribution in [0, 0.1) is 0 Å². The van der Waals surface area contributed by atoms with Crippen LogP contribution in [0.15, 0.2) is 36.0 Å². The van der Waals surface area contributed by atoms with E-state index in [1.54, 1.807) is 37.2 Å². The Morgan fingerprint density at radius 2 is 2.18 bits per heavy atom. The van der Waals surface area contributed by atoms with Gasteiger partial charge in [0.1, 0.15) is 6.23 Å². The number of carbonyl (C=O) groups is 1. The number of aliphatic hydroxyl groups is 1. The van der Waals surface area contributed by atoms with Gasteiger partial charge in [-0.1, -0.05) is 23.7 Å². The van der Waals surface area contributed by atoms with Crippen LogP contribution in [0.25, 0.3) is 0 Å². The summed E-state index contributed by atoms with van der Waals surface area (Å²) in [5.41, 5.74) is 5.89. The summed E-state index contributed by atoms with van der Waals surface area (Å²) >= 11 is 5.80. The molecule has 0 fully saturated rings. The zero-order valence-corrected chi connectivity index (χ0v) is 10.5. The molecule has 1 rings (SSSR count). The van der Waals surface area contributed by atoms with Gasteiger partial charge < -0.3 is 15.7 Å². The second kappa shape index (κ2) is 5.82. The van der Waals surface area contributed by atoms with Crippen LogP contribution < -0.4 is 5.73 Å². The van der Waals surface area contributed by atoms with Crippen LogP contribution in [-0.4, -0.2) is 36.1 Å². The molecule has 1 aromatic carbocycles. The zero-order chi connectivity index (χ0) is 13.0. The van der Waals surface area contributed by atoms with Crippen molar-refractivity contribution in [3.05, 3.63) is 46.6 Å². The summed E-state index contributed by atoms with van der Waals surface area (Å²) < 4.78 is 0. The quantitative estimate of drug-likeness (QED) is 0.482. The lowest BCUT2D eigenvalue weighted by Gasteiger charge is -2.13. The molecule has 5 heteroatoms. The van der Waals surface area contributed by atoms with Crippen molar-refractivity contribution in [2.45, 2.75) is 6.23 Å². The first-order chi connectivity index (χ1) is 7.91. The minimum absolute atomic E-state index is 0.122. The molecule has 0 amide bonds. The molecular weight excluding hydrogens is 240 g/mol. The van der Waals surface area contributed by atoms with Crippen LogP contribution in [0.4, 0.5) is 0 Å². The number of halogens is 1. The maximum atomic E-state index is 12.1. The zero-order valence-electron chi connectivity index (χ0n) is 9.72. The van der Waals surface area contributed by atoms with Crippen molar-refractivity contribution in [1.29, 1.82) is 0 Å². The van der Waals surface area contributed by atoms with Crippen LogP contribution in [0.5, 0.6) is 0 Å². The molecule has 0 unspecified atom stereocenters. The van der Waals surface area contributed by atoms with Crippen molar-refractivity contribution in [1.82, 2.24) is 4.90 Å². The number of nitrogens with zero attached hydrogens (tertiary/aromatic N) is 1. The highest BCUT2D eigenvalue weighted by molar-refractivity contribution is 6.31. The predicted molar refractivity (Wildman–Crippen MR) is 67.7 cm³/mol. The lowest BCUT2D eigenvalue weighted by Crippen LogP contribution is -2.28. The van der Waals surface area contributed by atoms with Crippen LogP contribution in [0.1, 0.15) is 10.4 Å². The molecule has 0 aliphatic heterocycles. The summed E-state index contributed by atoms with van der Waals surface area (Å²) in [6.45, 7) is 0. The number of ketones is 1. The third-order valence-electron chi connectivity index (χ3n) is 2.06. The van der Waals surface area contributed by atoms with E-state index < -0.39 is 6.23 Å². The fourth-order valence-corrected chi connectivity index (χ4v) is 1.53. The van der Waals surface area contributed by atoms with Gasteiger partial charge in [0.25, 0.3) is 0 Å². The first-order valence-electron chi connectivity index (χ1n) is 5.04. The summed E-state index contributed by atoms with van der Waals surface area (Å²) in [6, 6.07) is 6.51. The number of nitrogens with two attached hydrogens (primary N) is 1. The number of carbonyl (C=O) groups excluding carboxylic acids is 1. The average Bonchev–Trinajstić information content (AvgIpc) is 2.24. The van der Waals surface area contributed by atoms with E-state index >= 15 is 0 Å². The van der Waals surface area contributed by atoms with Crippen molar-refractivity contribution < 1.29 is 9.90 Å². The van der Waals surface area contributed by atoms with E-state index in [4.69, 9.17) is 17.3 Å². The summed E-state index contributed by atoms with van der Waals surface area (Å²) in [6.07, 6.45) is 0.178. The van der Waals surface area contributed by atoms with Crippen molar-refractivity contribution >= 4 is 17.4 Å². The third kappa shape index (κ3) is 3.85. The largest absolute Gasteiger partial charge is 0.383 e. The summed E-state index contributed by atoms with van der Waals surface area (Å²) in [5.74, 6) is -0.337. The molecule has 4 nitrogen and oxygen atoms in total. The summed E-state index contributed by atoms with van der Waals surface area (Å²) in [7, 11) is 3.49. The molecule has 0 bridgehead atoms. The topological polar surface area (TPSA) is 66.6 Å². The maximum Gasteiger partial charge on any atom is 0.194 e. The standard InChI is InChI=1S/C12H15ClN2O2/c1-15(2)7-10(12(14)17)11(16)8-4-3-5-9(13)6-8/h3-7,12,17H,14H2,1-2H3/b10-7+/t12-/m1/s1. The number of rotatable bonds is 4. The van der Waals surface area contributed by atoms with Gasteiger partial charge in [0.05, 0.1) is 5.57 Å². The molecule has 0 aliphatic rings. The Morgan fingerprint density at radius 3 is 2.65 bits per heavy atom. The van der Waals surface area contributed by atoms with E-state index in [1.807, 2.05) is 0 Å². The van der Waals surface area contributed by atoms with Crippen LogP contribution in [0.3, 0.4) is 0 Å². The summed E-state index contributed by atoms with van der Waals surface area (Å²) in [4.78, 5) is 13.7. The fourth-order valence-electron chi connectivity index (χ4n) is 1.34. The summed E-state index contributed by atoms with van der Waals surface area (Å²) in [5, 5.41) is 9.86. The van der Waals surface area contributed by atoms with Gasteiger partial charge in [0.2, 0.25) is 0 Å². The van der Waals surface area contributed by atoms with Crippen LogP contribution >= 0.6 is 11.6 Å². The molecule has 0 aliphatic carbocycles. The molecule has 1 aromatic rings. The van der Waals surface area contributed by atoms with Gasteiger partial charge in [0.15, 0.2) is 5.78 Å². The number of hydrogen-bond donors (Lipinski definition) is 2. The van der Waals surface area contributed by atoms with Gasteiger partial charge in [-0.25, -0.2) is 0 Å². The van der Waals surface area contributed by atoms with Gasteiger partial charge >= 0.3 is 0 Å². The first-order valence-corrected chi connectivity index (χ1v) is 5.41. The first kappa shape index (κ1) is 13.7. The highest BCUT2D eigenvalue weighted by Crippen LogP contribution is 2.15. The number of Topliss-reactive ketones (excluding diaryl/α,β-unsaturated/α-hetero) is 1. The molecule has 0 spiro atoms. The molecule has 0 radical (unpaired) electrons. The van der Waals surface area contributed by atoms with Crippen LogP contribution in [0.2, 0.25) is 5.02 Å². The van der Waals surface area contributed by atoms with E-state index in [0.717, 1.165) is 0 Å². The average molecular weight is 255 g/mol. The number of benzene rings is 1. The third-order valence-corrected chi connectivity index (χ3v) is 2.30. The molecule has 1 atom stereocenters. The molecule has 0 saturated heterocycles. The van der Waals surface area contributed by atoms with Crippen LogP contribution in [-0.2, 0) is 0 Å². The molecule has 0 aromatic heterocycles. The fraction of sp³-hybridized carbons (Fsp3) is 0.250. The van der Waals surface area contributed by atoms with Gasteiger partial charge in [-0.05, 0) is 12.1 Å². The van der Waals surface area contributed by atoms with E-state index in [0.29, 0.717) is 10.6 Å². The Labute approximate surface area is 105 Å². The van der Waals surface area contributed by atoms with Gasteiger partial charge in [-0.3, -0.25) is 4.79 Å². The SMILES string of the molecule is CN(C)/C=C(\C(=O)c1cccc(Cl)c1)[C@H](N)O. The predicted octanol–water partition coefficient (Wildman–Crippen LogP) is 1.25. The second-order valence-electron chi connectivity index (χ2n) is 3.83. The van der Waals surface area contributed by atoms with E-state index in [9.17, 15) is 9.90 Å². The van der Waals surface area contributed by atoms with Crippen molar-refractivity contribution in [3.63, 3.8) is 0 Å². The minimum Gasteiger partial charge on any atom is -0.383 e. The monoisotopic (exact) mass is 254 g/mol. The van der Waals surface area contributed by atoms with E-state index in [1.165, 1.54) is 12.3 Å². The highest BCUT2D eigenvalue weighted by Gasteiger charge is 2.17. The van der Waals surface area contributed by atoms with Crippen molar-refractivity contribution in [3.8, 4) is 0 Å². The molecular formula is C12H15ClN2O2.